The molecule has 21 heavy (non-hydrogen) atoms. The van der Waals surface area contributed by atoms with E-state index < -0.39 is 16.8 Å². The lowest BCUT2D eigenvalue weighted by Gasteiger charge is -2.05. The van der Waals surface area contributed by atoms with Crippen molar-refractivity contribution >= 4 is 28.4 Å². The van der Waals surface area contributed by atoms with Crippen molar-refractivity contribution in [3.63, 3.8) is 0 Å². The maximum atomic E-state index is 12.2. The lowest BCUT2D eigenvalue weighted by Crippen LogP contribution is -2.02. The Bertz CT molecular complexity index is 653. The standard InChI is InChI=1S/C16H15ClO3S/c17-15-4-2-1-3-14(15)11-21(20)10-13-7-5-12(6-8-13)9-16(18)19/h1-8H,9-11H2,(H,18,19). The predicted molar refractivity (Wildman–Crippen MR) is 84.8 cm³/mol. The first-order valence-electron chi connectivity index (χ1n) is 6.42. The number of benzene rings is 2. The minimum absolute atomic E-state index is 0.00297. The summed E-state index contributed by atoms with van der Waals surface area (Å²) in [7, 11) is -1.05. The summed E-state index contributed by atoms with van der Waals surface area (Å²) in [6.07, 6.45) is 0.00297. The van der Waals surface area contributed by atoms with Crippen molar-refractivity contribution in [2.45, 2.75) is 17.9 Å². The van der Waals surface area contributed by atoms with E-state index in [1.165, 1.54) is 0 Å². The lowest BCUT2D eigenvalue weighted by molar-refractivity contribution is -0.136. The van der Waals surface area contributed by atoms with E-state index in [0.717, 1.165) is 16.7 Å². The highest BCUT2D eigenvalue weighted by molar-refractivity contribution is 7.83. The second-order valence-electron chi connectivity index (χ2n) is 4.71. The van der Waals surface area contributed by atoms with Crippen LogP contribution in [0.4, 0.5) is 0 Å². The zero-order chi connectivity index (χ0) is 15.2. The zero-order valence-corrected chi connectivity index (χ0v) is 12.9. The van der Waals surface area contributed by atoms with Crippen molar-refractivity contribution in [1.82, 2.24) is 0 Å². The molecule has 0 aliphatic rings. The van der Waals surface area contributed by atoms with Gasteiger partial charge in [-0.05, 0) is 22.8 Å². The topological polar surface area (TPSA) is 54.4 Å². The number of aliphatic carboxylic acids is 1. The van der Waals surface area contributed by atoms with E-state index in [9.17, 15) is 9.00 Å². The maximum Gasteiger partial charge on any atom is 0.307 e. The summed E-state index contributed by atoms with van der Waals surface area (Å²) in [5, 5.41) is 9.34. The van der Waals surface area contributed by atoms with E-state index in [-0.39, 0.29) is 6.42 Å². The van der Waals surface area contributed by atoms with Gasteiger partial charge in [0.1, 0.15) is 0 Å². The monoisotopic (exact) mass is 322 g/mol. The van der Waals surface area contributed by atoms with Crippen LogP contribution in [0.3, 0.4) is 0 Å². The minimum Gasteiger partial charge on any atom is -0.481 e. The molecule has 0 fully saturated rings. The molecule has 0 bridgehead atoms. The number of hydrogen-bond donors (Lipinski definition) is 1. The van der Waals surface area contributed by atoms with E-state index in [0.29, 0.717) is 16.5 Å². The Morgan fingerprint density at radius 1 is 1.00 bits per heavy atom. The van der Waals surface area contributed by atoms with Crippen LogP contribution in [-0.2, 0) is 33.5 Å². The number of carboxylic acids is 1. The highest BCUT2D eigenvalue weighted by atomic mass is 35.5. The molecule has 0 saturated carbocycles. The molecule has 0 amide bonds. The van der Waals surface area contributed by atoms with Gasteiger partial charge in [-0.15, -0.1) is 0 Å². The molecule has 0 heterocycles. The van der Waals surface area contributed by atoms with Gasteiger partial charge >= 0.3 is 5.97 Å². The quantitative estimate of drug-likeness (QED) is 0.886. The van der Waals surface area contributed by atoms with Gasteiger partial charge in [0.05, 0.1) is 12.2 Å². The van der Waals surface area contributed by atoms with Crippen molar-refractivity contribution in [2.24, 2.45) is 0 Å². The fourth-order valence-corrected chi connectivity index (χ4v) is 3.50. The Balaban J connectivity index is 1.96. The van der Waals surface area contributed by atoms with Crippen LogP contribution in [0.5, 0.6) is 0 Å². The molecule has 0 saturated heterocycles. The summed E-state index contributed by atoms with van der Waals surface area (Å²) in [4.78, 5) is 10.6. The van der Waals surface area contributed by atoms with E-state index in [1.54, 1.807) is 18.2 Å². The molecule has 2 rings (SSSR count). The Morgan fingerprint density at radius 2 is 1.62 bits per heavy atom. The fourth-order valence-electron chi connectivity index (χ4n) is 1.95. The Labute approximate surface area is 131 Å². The predicted octanol–water partition coefficient (Wildman–Crippen LogP) is 3.42. The average Bonchev–Trinajstić information content (AvgIpc) is 2.43. The molecule has 3 nitrogen and oxygen atoms in total. The number of carboxylic acid groups (broad SMARTS) is 1. The third-order valence-corrected chi connectivity index (χ3v) is 4.64. The number of halogens is 1. The highest BCUT2D eigenvalue weighted by Gasteiger charge is 2.07. The highest BCUT2D eigenvalue weighted by Crippen LogP contribution is 2.18. The van der Waals surface area contributed by atoms with Crippen LogP contribution in [0.2, 0.25) is 5.02 Å². The van der Waals surface area contributed by atoms with Crippen molar-refractivity contribution in [3.8, 4) is 0 Å². The van der Waals surface area contributed by atoms with Crippen LogP contribution >= 0.6 is 11.6 Å². The summed E-state index contributed by atoms with van der Waals surface area (Å²) in [6, 6.07) is 14.5. The van der Waals surface area contributed by atoms with Crippen LogP contribution in [0.25, 0.3) is 0 Å². The summed E-state index contributed by atoms with van der Waals surface area (Å²) in [5.41, 5.74) is 2.54. The Morgan fingerprint density at radius 3 is 2.24 bits per heavy atom. The van der Waals surface area contributed by atoms with Crippen molar-refractivity contribution in [3.05, 3.63) is 70.2 Å². The molecule has 0 aliphatic carbocycles. The van der Waals surface area contributed by atoms with Gasteiger partial charge in [-0.3, -0.25) is 9.00 Å². The fraction of sp³-hybridized carbons (Fsp3) is 0.188. The molecule has 2 aromatic carbocycles. The van der Waals surface area contributed by atoms with Gasteiger partial charge in [0, 0.05) is 21.6 Å². The van der Waals surface area contributed by atoms with E-state index in [1.807, 2.05) is 30.3 Å². The van der Waals surface area contributed by atoms with Crippen LogP contribution in [0.15, 0.2) is 48.5 Å². The van der Waals surface area contributed by atoms with Gasteiger partial charge in [0.15, 0.2) is 0 Å². The number of carbonyl (C=O) groups is 1. The van der Waals surface area contributed by atoms with Crippen LogP contribution < -0.4 is 0 Å². The summed E-state index contributed by atoms with van der Waals surface area (Å²) in [5.74, 6) is -0.0141. The largest absolute Gasteiger partial charge is 0.481 e. The first-order chi connectivity index (χ1) is 10.0. The van der Waals surface area contributed by atoms with Gasteiger partial charge in [-0.2, -0.15) is 0 Å². The molecule has 0 aliphatic heterocycles. The summed E-state index contributed by atoms with van der Waals surface area (Å²) in [6.45, 7) is 0. The second-order valence-corrected chi connectivity index (χ2v) is 6.57. The molecule has 0 aromatic heterocycles. The van der Waals surface area contributed by atoms with Crippen molar-refractivity contribution in [2.75, 3.05) is 0 Å². The zero-order valence-electron chi connectivity index (χ0n) is 11.3. The van der Waals surface area contributed by atoms with Gasteiger partial charge in [0.2, 0.25) is 0 Å². The normalized spacial score (nSPS) is 12.0. The molecule has 0 spiro atoms. The molecule has 1 N–H and O–H groups in total. The average molecular weight is 323 g/mol. The van der Waals surface area contributed by atoms with Crippen molar-refractivity contribution < 1.29 is 14.1 Å². The second kappa shape index (κ2) is 7.38. The van der Waals surface area contributed by atoms with Crippen LogP contribution in [0.1, 0.15) is 16.7 Å². The third-order valence-electron chi connectivity index (χ3n) is 2.98. The van der Waals surface area contributed by atoms with Gasteiger partial charge in [-0.1, -0.05) is 54.1 Å². The molecule has 0 radical (unpaired) electrons. The first-order valence-corrected chi connectivity index (χ1v) is 8.29. The Hall–Kier alpha value is -1.65. The smallest absolute Gasteiger partial charge is 0.307 e. The molecule has 2 aromatic rings. The molecular formula is C16H15ClO3S. The molecule has 110 valence electrons. The number of hydrogen-bond acceptors (Lipinski definition) is 2. The van der Waals surface area contributed by atoms with Gasteiger partial charge in [0.25, 0.3) is 0 Å². The van der Waals surface area contributed by atoms with E-state index >= 15 is 0 Å². The molecular weight excluding hydrogens is 308 g/mol. The number of rotatable bonds is 6. The summed E-state index contributed by atoms with van der Waals surface area (Å²) >= 11 is 6.05. The molecule has 1 atom stereocenters. The third kappa shape index (κ3) is 4.99. The minimum atomic E-state index is -1.05. The van der Waals surface area contributed by atoms with Crippen molar-refractivity contribution in [1.29, 1.82) is 0 Å². The maximum absolute atomic E-state index is 12.2. The summed E-state index contributed by atoms with van der Waals surface area (Å²) < 4.78 is 12.2. The van der Waals surface area contributed by atoms with Crippen LogP contribution in [0, 0.1) is 0 Å². The lowest BCUT2D eigenvalue weighted by atomic mass is 10.1. The Kier molecular flexibility index (Phi) is 5.53. The van der Waals surface area contributed by atoms with Crippen LogP contribution in [-0.4, -0.2) is 15.3 Å². The molecule has 5 heteroatoms. The molecule has 1 unspecified atom stereocenters. The SMILES string of the molecule is O=C(O)Cc1ccc(CS(=O)Cc2ccccc2Cl)cc1. The van der Waals surface area contributed by atoms with Gasteiger partial charge in [-0.25, -0.2) is 0 Å². The van der Waals surface area contributed by atoms with E-state index in [4.69, 9.17) is 16.7 Å². The first kappa shape index (κ1) is 15.7. The van der Waals surface area contributed by atoms with E-state index in [2.05, 4.69) is 0 Å². The van der Waals surface area contributed by atoms with Gasteiger partial charge < -0.3 is 5.11 Å².